The minimum absolute atomic E-state index is 0.151. The normalized spacial score (nSPS) is 11.6. The first-order valence-electron chi connectivity index (χ1n) is 9.98. The fraction of sp³-hybridized carbons (Fsp3) is 0.391. The van der Waals surface area contributed by atoms with Crippen LogP contribution in [0.1, 0.15) is 38.3 Å². The zero-order valence-corrected chi connectivity index (χ0v) is 18.0. The van der Waals surface area contributed by atoms with E-state index in [2.05, 4.69) is 12.2 Å². The van der Waals surface area contributed by atoms with E-state index < -0.39 is 6.04 Å². The molecule has 0 aliphatic rings. The Labute approximate surface area is 178 Å². The van der Waals surface area contributed by atoms with E-state index in [-0.39, 0.29) is 25.0 Å². The molecule has 0 aromatic heterocycles. The molecule has 5 nitrogen and oxygen atoms in total. The second-order valence-electron chi connectivity index (χ2n) is 6.87. The highest BCUT2D eigenvalue weighted by molar-refractivity contribution is 6.31. The molecule has 0 fully saturated rings. The minimum atomic E-state index is -0.642. The van der Waals surface area contributed by atoms with Crippen molar-refractivity contribution < 1.29 is 14.3 Å². The summed E-state index contributed by atoms with van der Waals surface area (Å²) in [6.07, 6.45) is 1.77. The van der Waals surface area contributed by atoms with Crippen molar-refractivity contribution in [1.82, 2.24) is 10.2 Å². The number of ether oxygens (including phenoxy) is 1. The Kier molecular flexibility index (Phi) is 9.00. The number of carbonyl (C=O) groups excluding carboxylic acids is 2. The maximum absolute atomic E-state index is 13.0. The van der Waals surface area contributed by atoms with Gasteiger partial charge in [-0.2, -0.15) is 0 Å². The first-order valence-corrected chi connectivity index (χ1v) is 10.4. The molecular weight excluding hydrogens is 388 g/mol. The van der Waals surface area contributed by atoms with Gasteiger partial charge in [0, 0.05) is 18.1 Å². The van der Waals surface area contributed by atoms with E-state index in [1.807, 2.05) is 49.4 Å². The molecule has 156 valence electrons. The number of nitrogens with one attached hydrogen (secondary N) is 1. The van der Waals surface area contributed by atoms with Crippen molar-refractivity contribution in [3.8, 4) is 5.75 Å². The number of carbonyl (C=O) groups is 2. The number of hydrogen-bond donors (Lipinski definition) is 1. The summed E-state index contributed by atoms with van der Waals surface area (Å²) < 4.78 is 5.67. The highest BCUT2D eigenvalue weighted by Crippen LogP contribution is 2.19. The fourth-order valence-electron chi connectivity index (χ4n) is 2.84. The van der Waals surface area contributed by atoms with Gasteiger partial charge in [-0.05, 0) is 49.1 Å². The van der Waals surface area contributed by atoms with Crippen LogP contribution in [0.15, 0.2) is 48.5 Å². The maximum Gasteiger partial charge on any atom is 0.261 e. The lowest BCUT2D eigenvalue weighted by Crippen LogP contribution is -2.49. The molecule has 1 N–H and O–H groups in total. The maximum atomic E-state index is 13.0. The Morgan fingerprint density at radius 1 is 1.10 bits per heavy atom. The molecule has 0 aliphatic heterocycles. The predicted octanol–water partition coefficient (Wildman–Crippen LogP) is 4.22. The van der Waals surface area contributed by atoms with E-state index in [9.17, 15) is 9.59 Å². The van der Waals surface area contributed by atoms with Crippen molar-refractivity contribution in [2.75, 3.05) is 13.2 Å². The average Bonchev–Trinajstić information content (AvgIpc) is 2.75. The highest BCUT2D eigenvalue weighted by Gasteiger charge is 2.26. The van der Waals surface area contributed by atoms with E-state index in [0.29, 0.717) is 17.3 Å². The van der Waals surface area contributed by atoms with Crippen LogP contribution < -0.4 is 10.1 Å². The molecule has 0 bridgehead atoms. The third-order valence-electron chi connectivity index (χ3n) is 4.71. The van der Waals surface area contributed by atoms with Gasteiger partial charge < -0.3 is 15.0 Å². The summed E-state index contributed by atoms with van der Waals surface area (Å²) >= 11 is 6.27. The molecule has 2 amide bonds. The van der Waals surface area contributed by atoms with Crippen molar-refractivity contribution in [2.24, 2.45) is 0 Å². The second-order valence-corrected chi connectivity index (χ2v) is 7.27. The van der Waals surface area contributed by atoms with Gasteiger partial charge in [-0.15, -0.1) is 0 Å². The summed E-state index contributed by atoms with van der Waals surface area (Å²) in [4.78, 5) is 26.9. The molecule has 0 aliphatic carbocycles. The van der Waals surface area contributed by atoms with Crippen molar-refractivity contribution >= 4 is 23.4 Å². The van der Waals surface area contributed by atoms with Crippen LogP contribution >= 0.6 is 11.6 Å². The topological polar surface area (TPSA) is 58.6 Å². The van der Waals surface area contributed by atoms with Crippen LogP contribution in [0.25, 0.3) is 0 Å². The lowest BCUT2D eigenvalue weighted by molar-refractivity contribution is -0.142. The van der Waals surface area contributed by atoms with Crippen molar-refractivity contribution in [1.29, 1.82) is 0 Å². The number of benzene rings is 2. The SMILES string of the molecule is CCCNC(=O)[C@H](C)N(Cc1ccccc1Cl)C(=O)COc1ccc(CC)cc1. The lowest BCUT2D eigenvalue weighted by Gasteiger charge is -2.29. The third kappa shape index (κ3) is 6.79. The summed E-state index contributed by atoms with van der Waals surface area (Å²) in [5, 5.41) is 3.41. The molecule has 0 spiro atoms. The number of amides is 2. The zero-order valence-electron chi connectivity index (χ0n) is 17.3. The van der Waals surface area contributed by atoms with Crippen LogP contribution in [-0.4, -0.2) is 35.9 Å². The van der Waals surface area contributed by atoms with Crippen LogP contribution in [-0.2, 0) is 22.6 Å². The van der Waals surface area contributed by atoms with Gasteiger partial charge in [0.1, 0.15) is 11.8 Å². The Morgan fingerprint density at radius 3 is 2.41 bits per heavy atom. The third-order valence-corrected chi connectivity index (χ3v) is 5.08. The van der Waals surface area contributed by atoms with Crippen molar-refractivity contribution in [3.63, 3.8) is 0 Å². The summed E-state index contributed by atoms with van der Waals surface area (Å²) in [6.45, 7) is 6.43. The first-order chi connectivity index (χ1) is 14.0. The predicted molar refractivity (Wildman–Crippen MR) is 116 cm³/mol. The standard InChI is InChI=1S/C23H29ClN2O3/c1-4-14-25-23(28)17(3)26(15-19-8-6-7-9-21(19)24)22(27)16-29-20-12-10-18(5-2)11-13-20/h6-13,17H,4-5,14-16H2,1-3H3,(H,25,28)/t17-/m0/s1. The summed E-state index contributed by atoms with van der Waals surface area (Å²) in [5.74, 6) is 0.152. The molecule has 0 radical (unpaired) electrons. The van der Waals surface area contributed by atoms with E-state index >= 15 is 0 Å². The fourth-order valence-corrected chi connectivity index (χ4v) is 3.03. The molecule has 0 saturated carbocycles. The van der Waals surface area contributed by atoms with E-state index in [0.717, 1.165) is 18.4 Å². The van der Waals surface area contributed by atoms with Gasteiger partial charge in [-0.25, -0.2) is 0 Å². The smallest absolute Gasteiger partial charge is 0.261 e. The van der Waals surface area contributed by atoms with Crippen molar-refractivity contribution in [3.05, 3.63) is 64.7 Å². The summed E-state index contributed by atoms with van der Waals surface area (Å²) in [5.41, 5.74) is 1.98. The Morgan fingerprint density at radius 2 is 1.79 bits per heavy atom. The van der Waals surface area contributed by atoms with Gasteiger partial charge in [-0.3, -0.25) is 9.59 Å². The Hall–Kier alpha value is -2.53. The van der Waals surface area contributed by atoms with Crippen LogP contribution in [0.5, 0.6) is 5.75 Å². The summed E-state index contributed by atoms with van der Waals surface area (Å²) in [6, 6.07) is 14.3. The quantitative estimate of drug-likeness (QED) is 0.630. The average molecular weight is 417 g/mol. The molecular formula is C23H29ClN2O3. The van der Waals surface area contributed by atoms with Crippen LogP contribution in [0.3, 0.4) is 0 Å². The van der Waals surface area contributed by atoms with E-state index in [4.69, 9.17) is 16.3 Å². The molecule has 0 saturated heterocycles. The van der Waals surface area contributed by atoms with Crippen LogP contribution in [0.4, 0.5) is 0 Å². The monoisotopic (exact) mass is 416 g/mol. The first kappa shape index (κ1) is 22.8. The number of halogens is 1. The largest absolute Gasteiger partial charge is 0.484 e. The van der Waals surface area contributed by atoms with E-state index in [1.54, 1.807) is 13.0 Å². The molecule has 0 unspecified atom stereocenters. The molecule has 2 rings (SSSR count). The zero-order chi connectivity index (χ0) is 21.2. The molecule has 0 heterocycles. The van der Waals surface area contributed by atoms with Crippen LogP contribution in [0.2, 0.25) is 5.02 Å². The van der Waals surface area contributed by atoms with Gasteiger partial charge in [0.05, 0.1) is 0 Å². The molecule has 29 heavy (non-hydrogen) atoms. The van der Waals surface area contributed by atoms with Gasteiger partial charge in [-0.1, -0.05) is 55.8 Å². The number of aryl methyl sites for hydroxylation is 1. The highest BCUT2D eigenvalue weighted by atomic mass is 35.5. The molecule has 2 aromatic rings. The number of rotatable bonds is 10. The second kappa shape index (κ2) is 11.5. The van der Waals surface area contributed by atoms with E-state index in [1.165, 1.54) is 10.5 Å². The molecule has 6 heteroatoms. The number of hydrogen-bond acceptors (Lipinski definition) is 3. The summed E-state index contributed by atoms with van der Waals surface area (Å²) in [7, 11) is 0. The van der Waals surface area contributed by atoms with Gasteiger partial charge >= 0.3 is 0 Å². The van der Waals surface area contributed by atoms with Gasteiger partial charge in [0.2, 0.25) is 5.91 Å². The number of nitrogens with zero attached hydrogens (tertiary/aromatic N) is 1. The molecule has 2 aromatic carbocycles. The molecule has 1 atom stereocenters. The Bertz CT molecular complexity index is 808. The Balaban J connectivity index is 2.12. The van der Waals surface area contributed by atoms with Crippen LogP contribution in [0, 0.1) is 0 Å². The van der Waals surface area contributed by atoms with Gasteiger partial charge in [0.25, 0.3) is 5.91 Å². The van der Waals surface area contributed by atoms with Crippen molar-refractivity contribution in [2.45, 2.75) is 46.2 Å². The lowest BCUT2D eigenvalue weighted by atomic mass is 10.1. The van der Waals surface area contributed by atoms with Gasteiger partial charge in [0.15, 0.2) is 6.61 Å². The minimum Gasteiger partial charge on any atom is -0.484 e.